The fraction of sp³-hybridized carbons (Fsp3) is 0.459. The molecule has 0 saturated heterocycles. The molecule has 2 aliphatic carbocycles. The number of benzene rings is 4. The van der Waals surface area contributed by atoms with Gasteiger partial charge in [-0.15, -0.1) is 69.8 Å². The molecule has 7 heteroatoms. The molecular weight excluding hydrogens is 1020 g/mol. The SMILES string of the molecule is CCC(CC)C(=O)/C=C(\O)C(CC)CC(F)F.[2H]c1nc(-c2[c-]c(C)cc(C)c2)c2cc(C)c(C3CCCCC3)cc2c1[2H].[2H]c1nc(-c2[c-]c(C)cc(C)c2)c2cc(C)c(C3CCCCC3)cc2c1[2H].[Ir]. The first kappa shape index (κ1) is 48.4. The fourth-order valence-corrected chi connectivity index (χ4v) is 10.4. The zero-order valence-electron chi connectivity index (χ0n) is 45.8. The third-order valence-electron chi connectivity index (χ3n) is 14.0. The Kier molecular flexibility index (Phi) is 18.4. The average molecular weight is 1100 g/mol. The Morgan fingerprint density at radius 3 is 1.44 bits per heavy atom. The number of pyridine rings is 2. The molecule has 2 fully saturated rings. The molecule has 8 rings (SSSR count). The molecule has 68 heavy (non-hydrogen) atoms. The van der Waals surface area contributed by atoms with Crippen LogP contribution in [0.2, 0.25) is 0 Å². The molecule has 2 heterocycles. The predicted molar refractivity (Wildman–Crippen MR) is 276 cm³/mol. The largest absolute Gasteiger partial charge is 0.512 e. The molecule has 4 aromatic carbocycles. The van der Waals surface area contributed by atoms with E-state index in [4.69, 9.17) is 5.48 Å². The maximum Gasteiger partial charge on any atom is 0.239 e. The summed E-state index contributed by atoms with van der Waals surface area (Å²) in [5.41, 5.74) is 13.1. The van der Waals surface area contributed by atoms with Crippen LogP contribution in [0.1, 0.15) is 172 Å². The molecule has 0 bridgehead atoms. The van der Waals surface area contributed by atoms with Crippen LogP contribution in [0.25, 0.3) is 44.1 Å². The Hall–Kier alpha value is -4.58. The van der Waals surface area contributed by atoms with E-state index in [1.807, 2.05) is 27.7 Å². The molecule has 365 valence electrons. The molecule has 1 unspecified atom stereocenters. The number of hydrogen-bond acceptors (Lipinski definition) is 4. The maximum atomic E-state index is 12.2. The quantitative estimate of drug-likeness (QED) is 0.0753. The van der Waals surface area contributed by atoms with Crippen LogP contribution in [0, 0.1) is 65.5 Å². The van der Waals surface area contributed by atoms with Gasteiger partial charge in [0, 0.05) is 56.8 Å². The fourth-order valence-electron chi connectivity index (χ4n) is 10.4. The Bertz CT molecular complexity index is 2660. The Labute approximate surface area is 425 Å². The van der Waals surface area contributed by atoms with Crippen molar-refractivity contribution in [2.75, 3.05) is 0 Å². The number of rotatable bonds is 12. The van der Waals surface area contributed by atoms with Crippen molar-refractivity contribution >= 4 is 27.3 Å². The van der Waals surface area contributed by atoms with Crippen LogP contribution in [-0.4, -0.2) is 27.3 Å². The molecule has 1 atom stereocenters. The second kappa shape index (κ2) is 25.9. The number of carbonyl (C=O) groups is 1. The van der Waals surface area contributed by atoms with Gasteiger partial charge in [-0.3, -0.25) is 4.79 Å². The van der Waals surface area contributed by atoms with Gasteiger partial charge >= 0.3 is 0 Å². The first-order valence-electron chi connectivity index (χ1n) is 26.9. The Morgan fingerprint density at radius 2 is 1.07 bits per heavy atom. The first-order valence-corrected chi connectivity index (χ1v) is 24.9. The smallest absolute Gasteiger partial charge is 0.239 e. The van der Waals surface area contributed by atoms with Gasteiger partial charge in [0.05, 0.1) is 11.2 Å². The van der Waals surface area contributed by atoms with E-state index in [1.54, 1.807) is 6.92 Å². The molecule has 1 N–H and O–H groups in total. The van der Waals surface area contributed by atoms with Crippen LogP contribution in [0.3, 0.4) is 0 Å². The van der Waals surface area contributed by atoms with E-state index in [0.717, 1.165) is 72.4 Å². The number of aliphatic hydroxyl groups is 1. The number of aliphatic hydroxyl groups excluding tert-OH is 1. The number of aryl methyl sites for hydroxylation is 6. The van der Waals surface area contributed by atoms with Gasteiger partial charge < -0.3 is 15.1 Å². The number of allylic oxidation sites excluding steroid dienone is 2. The van der Waals surface area contributed by atoms with Gasteiger partial charge in [-0.2, -0.15) is 0 Å². The Balaban J connectivity index is 0.000000206. The van der Waals surface area contributed by atoms with Crippen LogP contribution >= 0.6 is 0 Å². The number of ketones is 1. The molecule has 2 saturated carbocycles. The van der Waals surface area contributed by atoms with Crippen molar-refractivity contribution < 1.29 is 44.3 Å². The summed E-state index contributed by atoms with van der Waals surface area (Å²) in [7, 11) is 0. The van der Waals surface area contributed by atoms with Crippen LogP contribution in [0.5, 0.6) is 0 Å². The molecule has 2 aliphatic rings. The van der Waals surface area contributed by atoms with Crippen molar-refractivity contribution in [1.29, 1.82) is 0 Å². The van der Waals surface area contributed by atoms with Gasteiger partial charge in [-0.25, -0.2) is 8.78 Å². The number of hydrogen-bond donors (Lipinski definition) is 1. The monoisotopic (exact) mass is 1100 g/mol. The maximum absolute atomic E-state index is 12.2. The minimum Gasteiger partial charge on any atom is -0.512 e. The van der Waals surface area contributed by atoms with E-state index >= 15 is 0 Å². The van der Waals surface area contributed by atoms with Crippen molar-refractivity contribution in [2.45, 2.75) is 170 Å². The zero-order valence-corrected chi connectivity index (χ0v) is 44.2. The number of halogens is 2. The van der Waals surface area contributed by atoms with Gasteiger partial charge in [0.25, 0.3) is 0 Å². The van der Waals surface area contributed by atoms with Crippen LogP contribution < -0.4 is 0 Å². The topological polar surface area (TPSA) is 63.1 Å². The minimum absolute atomic E-state index is 0. The predicted octanol–water partition coefficient (Wildman–Crippen LogP) is 17.5. The second-order valence-corrected chi connectivity index (χ2v) is 19.3. The molecule has 1 radical (unpaired) electrons. The van der Waals surface area contributed by atoms with E-state index in [2.05, 4.69) is 98.3 Å². The summed E-state index contributed by atoms with van der Waals surface area (Å²) in [6, 6.07) is 24.3. The summed E-state index contributed by atoms with van der Waals surface area (Å²) < 4.78 is 57.9. The number of aromatic nitrogens is 2. The summed E-state index contributed by atoms with van der Waals surface area (Å²) in [5, 5.41) is 13.3. The summed E-state index contributed by atoms with van der Waals surface area (Å²) in [6.07, 6.45) is 12.9. The van der Waals surface area contributed by atoms with Crippen LogP contribution in [0.4, 0.5) is 8.78 Å². The molecule has 0 spiro atoms. The summed E-state index contributed by atoms with van der Waals surface area (Å²) >= 11 is 0. The number of nitrogens with zero attached hydrogens (tertiary/aromatic N) is 2. The third-order valence-corrected chi connectivity index (χ3v) is 14.0. The van der Waals surface area contributed by atoms with Gasteiger partial charge in [0.2, 0.25) is 6.43 Å². The minimum atomic E-state index is -2.46. The molecule has 0 amide bonds. The van der Waals surface area contributed by atoms with Gasteiger partial charge in [-0.05, 0) is 138 Å². The van der Waals surface area contributed by atoms with Crippen LogP contribution in [-0.2, 0) is 24.9 Å². The van der Waals surface area contributed by atoms with E-state index in [9.17, 15) is 18.7 Å². The summed E-state index contributed by atoms with van der Waals surface area (Å²) in [4.78, 5) is 20.7. The standard InChI is InChI=1S/2C24H26N.C13H22F2O2.Ir/c2*1-16-11-17(2)13-21(12-16)24-23-14-18(3)22(15-20(23)9-10-25-24)19-7-5-4-6-8-19;1-4-9(5-2)11(16)8-12(17)10(6-3)7-13(14)15;/h2*9-12,14-15,19H,4-8H2,1-3H3;8-10,13,17H,4-7H2,1-3H3;/q2*-1;;/b;;12-8-;/i2*9D,10D;;. The second-order valence-electron chi connectivity index (χ2n) is 19.3. The van der Waals surface area contributed by atoms with E-state index in [0.29, 0.717) is 31.1 Å². The normalized spacial score (nSPS) is 15.9. The van der Waals surface area contributed by atoms with E-state index in [1.165, 1.54) is 86.5 Å². The molecule has 6 aromatic rings. The molecular formula is C61H74F2IrN2O2-2. The van der Waals surface area contributed by atoms with Crippen molar-refractivity contribution in [3.8, 4) is 22.5 Å². The van der Waals surface area contributed by atoms with Gasteiger partial charge in [0.15, 0.2) is 5.78 Å². The van der Waals surface area contributed by atoms with Crippen molar-refractivity contribution in [3.63, 3.8) is 0 Å². The van der Waals surface area contributed by atoms with Crippen molar-refractivity contribution in [1.82, 2.24) is 9.97 Å². The van der Waals surface area contributed by atoms with E-state index < -0.39 is 18.8 Å². The number of carbonyl (C=O) groups excluding carboxylic acids is 1. The van der Waals surface area contributed by atoms with E-state index in [-0.39, 0.29) is 62.0 Å². The Morgan fingerprint density at radius 1 is 0.662 bits per heavy atom. The molecule has 2 aromatic heterocycles. The molecule has 4 nitrogen and oxygen atoms in total. The van der Waals surface area contributed by atoms with Crippen molar-refractivity contribution in [3.05, 3.63) is 141 Å². The summed E-state index contributed by atoms with van der Waals surface area (Å²) in [5.74, 6) is 0.0571. The van der Waals surface area contributed by atoms with Crippen LogP contribution in [0.15, 0.2) is 84.8 Å². The number of fused-ring (bicyclic) bond motifs is 2. The summed E-state index contributed by atoms with van der Waals surface area (Å²) in [6.45, 7) is 18.1. The molecule has 0 aliphatic heterocycles. The van der Waals surface area contributed by atoms with Crippen molar-refractivity contribution in [2.24, 2.45) is 11.8 Å². The average Bonchev–Trinajstić information content (AvgIpc) is 3.33. The number of alkyl halides is 2. The van der Waals surface area contributed by atoms with Gasteiger partial charge in [0.1, 0.15) is 0 Å². The zero-order chi connectivity index (χ0) is 51.7. The van der Waals surface area contributed by atoms with Gasteiger partial charge in [-0.1, -0.05) is 111 Å². The first-order chi connectivity index (χ1) is 33.8. The third kappa shape index (κ3) is 14.3.